The van der Waals surface area contributed by atoms with Gasteiger partial charge in [0.05, 0.1) is 6.04 Å². The summed E-state index contributed by atoms with van der Waals surface area (Å²) in [6, 6.07) is -1.08. The average molecular weight is 695 g/mol. The summed E-state index contributed by atoms with van der Waals surface area (Å²) in [5.74, 6) is -2.95. The van der Waals surface area contributed by atoms with Crippen molar-refractivity contribution in [3.05, 3.63) is 17.5 Å². The van der Waals surface area contributed by atoms with E-state index in [1.807, 2.05) is 27.7 Å². The zero-order valence-electron chi connectivity index (χ0n) is 28.3. The van der Waals surface area contributed by atoms with Crippen molar-refractivity contribution in [1.82, 2.24) is 25.6 Å². The molecular weight excluding hydrogens is 645 g/mol. The number of ketones is 1. The molecule has 6 atom stereocenters. The molecule has 5 amide bonds. The SMILES string of the molecule is CC(C)[C@@H](CNS(=O)(=O)c1cccs1)NC(=O)N[C@H](C(=O)N1C[C@H]2C([C@H]1C(=O)NC(CC1CCC1)C(=O)C(N)=O)C2(C)C)C(C)(C)C. The van der Waals surface area contributed by atoms with Crippen LogP contribution >= 0.6 is 11.3 Å². The predicted octanol–water partition coefficient (Wildman–Crippen LogP) is 1.98. The van der Waals surface area contributed by atoms with Crippen LogP contribution < -0.4 is 26.4 Å². The van der Waals surface area contributed by atoms with Gasteiger partial charge in [-0.15, -0.1) is 11.3 Å². The highest BCUT2D eigenvalue weighted by Crippen LogP contribution is 2.65. The van der Waals surface area contributed by atoms with Crippen molar-refractivity contribution in [2.24, 2.45) is 40.2 Å². The van der Waals surface area contributed by atoms with Gasteiger partial charge in [0.2, 0.25) is 27.6 Å². The lowest BCUT2D eigenvalue weighted by Gasteiger charge is -2.38. The number of fused-ring (bicyclic) bond motifs is 1. The maximum Gasteiger partial charge on any atom is 0.315 e. The van der Waals surface area contributed by atoms with Gasteiger partial charge in [-0.25, -0.2) is 17.9 Å². The molecule has 1 saturated heterocycles. The van der Waals surface area contributed by atoms with Crippen LogP contribution in [0.5, 0.6) is 0 Å². The van der Waals surface area contributed by atoms with E-state index in [1.165, 1.54) is 11.0 Å². The highest BCUT2D eigenvalue weighted by atomic mass is 32.2. The summed E-state index contributed by atoms with van der Waals surface area (Å²) in [4.78, 5) is 67.5. The van der Waals surface area contributed by atoms with Gasteiger partial charge in [-0.05, 0) is 52.4 Å². The Kier molecular flexibility index (Phi) is 10.8. The number of nitrogens with zero attached hydrogens (tertiary/aromatic N) is 1. The van der Waals surface area contributed by atoms with Gasteiger partial charge < -0.3 is 26.6 Å². The number of nitrogens with two attached hydrogens (primary N) is 1. The molecule has 0 spiro atoms. The van der Waals surface area contributed by atoms with Crippen molar-refractivity contribution in [3.8, 4) is 0 Å². The van der Waals surface area contributed by atoms with Gasteiger partial charge in [-0.3, -0.25) is 19.2 Å². The number of primary amides is 1. The molecule has 2 heterocycles. The number of rotatable bonds is 14. The molecule has 47 heavy (non-hydrogen) atoms. The number of carbonyl (C=O) groups excluding carboxylic acids is 5. The Morgan fingerprint density at radius 3 is 2.26 bits per heavy atom. The third-order valence-corrected chi connectivity index (χ3v) is 13.0. The van der Waals surface area contributed by atoms with Crippen molar-refractivity contribution in [2.75, 3.05) is 13.1 Å². The van der Waals surface area contributed by atoms with Gasteiger partial charge in [0.1, 0.15) is 16.3 Å². The fourth-order valence-corrected chi connectivity index (χ4v) is 8.93. The first-order valence-electron chi connectivity index (χ1n) is 16.3. The number of thiophene rings is 1. The van der Waals surface area contributed by atoms with E-state index in [0.29, 0.717) is 13.0 Å². The summed E-state index contributed by atoms with van der Waals surface area (Å²) in [5.41, 5.74) is 4.35. The average Bonchev–Trinajstić information content (AvgIpc) is 3.41. The normalized spacial score (nSPS) is 24.0. The number of hydrogen-bond donors (Lipinski definition) is 5. The fourth-order valence-electron chi connectivity index (χ4n) is 6.83. The molecule has 6 N–H and O–H groups in total. The lowest BCUT2D eigenvalue weighted by atomic mass is 9.80. The fraction of sp³-hybridized carbons (Fsp3) is 0.719. The molecule has 0 aromatic carbocycles. The zero-order chi connectivity index (χ0) is 35.1. The standard InChI is InChI=1S/C32H50N6O7S2/c1-17(2)21(15-34-47(44,45)22-12-9-13-46-22)36-30(43)37-26(31(3,4)5)29(42)38-16-19-23(32(19,6)7)24(38)28(41)35-20(25(39)27(33)40)14-18-10-8-11-18/h9,12-13,17-21,23-24,26,34H,8,10-11,14-16H2,1-7H3,(H2,33,40)(H,35,41)(H2,36,37,43)/t19-,20?,21+,23?,24-,26+/m0/s1. The topological polar surface area (TPSA) is 197 Å². The number of likely N-dealkylation sites (tertiary alicyclic amines) is 1. The molecular formula is C32H50N6O7S2. The van der Waals surface area contributed by atoms with E-state index in [9.17, 15) is 32.4 Å². The smallest absolute Gasteiger partial charge is 0.315 e. The number of sulfonamides is 1. The first-order chi connectivity index (χ1) is 21.8. The zero-order valence-corrected chi connectivity index (χ0v) is 29.9. The van der Waals surface area contributed by atoms with Crippen LogP contribution in [0.15, 0.2) is 21.7 Å². The van der Waals surface area contributed by atoms with E-state index in [2.05, 4.69) is 20.7 Å². The molecule has 2 unspecified atom stereocenters. The largest absolute Gasteiger partial charge is 0.363 e. The van der Waals surface area contributed by atoms with Crippen LogP contribution in [0.25, 0.3) is 0 Å². The highest BCUT2D eigenvalue weighted by molar-refractivity contribution is 7.91. The molecule has 0 radical (unpaired) electrons. The summed E-state index contributed by atoms with van der Waals surface area (Å²) in [6.07, 6.45) is 3.15. The van der Waals surface area contributed by atoms with E-state index < -0.39 is 69.1 Å². The second-order valence-corrected chi connectivity index (χ2v) is 18.2. The Labute approximate surface area is 281 Å². The summed E-state index contributed by atoms with van der Waals surface area (Å²) >= 11 is 1.09. The van der Waals surface area contributed by atoms with E-state index in [1.54, 1.807) is 32.2 Å². The molecule has 0 bridgehead atoms. The van der Waals surface area contributed by atoms with Gasteiger partial charge in [0.15, 0.2) is 0 Å². The lowest BCUT2D eigenvalue weighted by molar-refractivity contribution is -0.145. The number of piperidine rings is 1. The van der Waals surface area contributed by atoms with Crippen LogP contribution in [-0.4, -0.2) is 80.1 Å². The van der Waals surface area contributed by atoms with Crippen LogP contribution in [0.1, 0.15) is 74.1 Å². The Morgan fingerprint density at radius 2 is 1.74 bits per heavy atom. The second-order valence-electron chi connectivity index (χ2n) is 15.3. The molecule has 15 heteroatoms. The Morgan fingerprint density at radius 1 is 1.09 bits per heavy atom. The maximum absolute atomic E-state index is 14.3. The number of hydrogen-bond acceptors (Lipinski definition) is 8. The number of nitrogens with one attached hydrogen (secondary N) is 4. The van der Waals surface area contributed by atoms with Gasteiger partial charge in [-0.2, -0.15) is 0 Å². The highest BCUT2D eigenvalue weighted by Gasteiger charge is 2.70. The molecule has 3 fully saturated rings. The van der Waals surface area contributed by atoms with Gasteiger partial charge in [0.25, 0.3) is 5.91 Å². The Balaban J connectivity index is 1.49. The van der Waals surface area contributed by atoms with Crippen LogP contribution in [0, 0.1) is 34.5 Å². The van der Waals surface area contributed by atoms with E-state index >= 15 is 0 Å². The molecule has 13 nitrogen and oxygen atoms in total. The van der Waals surface area contributed by atoms with Crippen LogP contribution in [-0.2, 0) is 29.2 Å². The molecule has 1 aromatic heterocycles. The maximum atomic E-state index is 14.3. The molecule has 2 saturated carbocycles. The molecule has 1 aromatic rings. The monoisotopic (exact) mass is 694 g/mol. The van der Waals surface area contributed by atoms with Gasteiger partial charge in [-0.1, -0.05) is 73.8 Å². The minimum atomic E-state index is -3.75. The minimum Gasteiger partial charge on any atom is -0.363 e. The van der Waals surface area contributed by atoms with Crippen molar-refractivity contribution in [1.29, 1.82) is 0 Å². The van der Waals surface area contributed by atoms with Gasteiger partial charge in [0, 0.05) is 19.1 Å². The number of Topliss-reactive ketones (excluding diaryl/α,β-unsaturated/α-hetero) is 1. The van der Waals surface area contributed by atoms with Crippen molar-refractivity contribution in [2.45, 2.75) is 103 Å². The quantitative estimate of drug-likeness (QED) is 0.184. The number of amides is 5. The Hall–Kier alpha value is -3.04. The van der Waals surface area contributed by atoms with Crippen LogP contribution in [0.4, 0.5) is 4.79 Å². The van der Waals surface area contributed by atoms with Crippen molar-refractivity contribution < 1.29 is 32.4 Å². The number of urea groups is 1. The molecule has 3 aliphatic rings. The molecule has 2 aliphatic carbocycles. The second kappa shape index (κ2) is 13.8. The first kappa shape index (κ1) is 36.8. The summed E-state index contributed by atoms with van der Waals surface area (Å²) in [6.45, 7) is 13.4. The number of carbonyl (C=O) groups is 5. The summed E-state index contributed by atoms with van der Waals surface area (Å²) in [5, 5.41) is 10.1. The van der Waals surface area contributed by atoms with Gasteiger partial charge >= 0.3 is 6.03 Å². The third-order valence-electron chi connectivity index (χ3n) is 10.2. The van der Waals surface area contributed by atoms with E-state index in [-0.39, 0.29) is 39.8 Å². The van der Waals surface area contributed by atoms with Crippen molar-refractivity contribution >= 4 is 50.9 Å². The lowest BCUT2D eigenvalue weighted by Crippen LogP contribution is -2.62. The summed E-state index contributed by atoms with van der Waals surface area (Å²) < 4.78 is 28.1. The summed E-state index contributed by atoms with van der Waals surface area (Å²) in [7, 11) is -3.75. The van der Waals surface area contributed by atoms with Crippen LogP contribution in [0.2, 0.25) is 0 Å². The predicted molar refractivity (Wildman–Crippen MR) is 177 cm³/mol. The van der Waals surface area contributed by atoms with Crippen LogP contribution in [0.3, 0.4) is 0 Å². The Bertz CT molecular complexity index is 1470. The molecule has 262 valence electrons. The van der Waals surface area contributed by atoms with E-state index in [4.69, 9.17) is 5.73 Å². The molecule has 1 aliphatic heterocycles. The third kappa shape index (κ3) is 8.16. The van der Waals surface area contributed by atoms with Crippen molar-refractivity contribution in [3.63, 3.8) is 0 Å². The first-order valence-corrected chi connectivity index (χ1v) is 18.7. The minimum absolute atomic E-state index is 0.0512. The molecule has 4 rings (SSSR count). The van der Waals surface area contributed by atoms with E-state index in [0.717, 1.165) is 30.6 Å².